The van der Waals surface area contributed by atoms with Crippen LogP contribution in [0.1, 0.15) is 35.7 Å². The molecule has 0 aliphatic carbocycles. The fourth-order valence-electron chi connectivity index (χ4n) is 1.64. The molecule has 0 saturated carbocycles. The summed E-state index contributed by atoms with van der Waals surface area (Å²) in [5.41, 5.74) is 2.40. The number of amides is 1. The summed E-state index contributed by atoms with van der Waals surface area (Å²) in [5, 5.41) is 2.76. The van der Waals surface area contributed by atoms with E-state index in [4.69, 9.17) is 0 Å². The molecule has 3 nitrogen and oxygen atoms in total. The van der Waals surface area contributed by atoms with E-state index in [0.717, 1.165) is 11.3 Å². The van der Waals surface area contributed by atoms with E-state index in [9.17, 15) is 9.59 Å². The molecule has 0 fully saturated rings. The van der Waals surface area contributed by atoms with Crippen LogP contribution in [-0.2, 0) is 4.79 Å². The fourth-order valence-corrected chi connectivity index (χ4v) is 1.64. The second-order valence-electron chi connectivity index (χ2n) is 3.57. The average Bonchev–Trinajstić information content (AvgIpc) is 2.43. The second kappa shape index (κ2) is 2.94. The Balaban J connectivity index is 2.51. The van der Waals surface area contributed by atoms with Gasteiger partial charge in [0.25, 0.3) is 0 Å². The van der Waals surface area contributed by atoms with Crippen molar-refractivity contribution in [3.8, 4) is 0 Å². The summed E-state index contributed by atoms with van der Waals surface area (Å²) in [6, 6.07) is 5.31. The third-order valence-electron chi connectivity index (χ3n) is 2.58. The van der Waals surface area contributed by atoms with Gasteiger partial charge >= 0.3 is 0 Å². The molecule has 0 radical (unpaired) electrons. The van der Waals surface area contributed by atoms with E-state index in [1.54, 1.807) is 18.2 Å². The zero-order valence-corrected chi connectivity index (χ0v) is 8.13. The zero-order chi connectivity index (χ0) is 10.3. The van der Waals surface area contributed by atoms with Gasteiger partial charge in [0.05, 0.1) is 5.92 Å². The van der Waals surface area contributed by atoms with Crippen LogP contribution < -0.4 is 5.32 Å². The first-order valence-electron chi connectivity index (χ1n) is 4.55. The first-order valence-corrected chi connectivity index (χ1v) is 4.55. The molecule has 0 spiro atoms. The number of hydrogen-bond acceptors (Lipinski definition) is 2. The summed E-state index contributed by atoms with van der Waals surface area (Å²) in [7, 11) is 0. The second-order valence-corrected chi connectivity index (χ2v) is 3.57. The van der Waals surface area contributed by atoms with Crippen molar-refractivity contribution in [2.75, 3.05) is 5.32 Å². The molecule has 0 aromatic heterocycles. The highest BCUT2D eigenvalue weighted by Crippen LogP contribution is 2.32. The van der Waals surface area contributed by atoms with Crippen molar-refractivity contribution in [3.63, 3.8) is 0 Å². The topological polar surface area (TPSA) is 46.2 Å². The highest BCUT2D eigenvalue weighted by Gasteiger charge is 2.26. The Morgan fingerprint density at radius 1 is 1.43 bits per heavy atom. The van der Waals surface area contributed by atoms with Crippen LogP contribution in [0, 0.1) is 0 Å². The van der Waals surface area contributed by atoms with E-state index in [1.807, 2.05) is 6.92 Å². The number of benzene rings is 1. The summed E-state index contributed by atoms with van der Waals surface area (Å²) in [6.07, 6.45) is 0. The number of fused-ring (bicyclic) bond motifs is 1. The Bertz CT molecular complexity index is 423. The van der Waals surface area contributed by atoms with Gasteiger partial charge in [-0.15, -0.1) is 0 Å². The molecule has 1 aromatic carbocycles. The van der Waals surface area contributed by atoms with Gasteiger partial charge in [0.1, 0.15) is 0 Å². The predicted molar refractivity (Wildman–Crippen MR) is 53.5 cm³/mol. The first kappa shape index (κ1) is 8.94. The van der Waals surface area contributed by atoms with Crippen LogP contribution in [0.5, 0.6) is 0 Å². The lowest BCUT2D eigenvalue weighted by atomic mass is 9.99. The highest BCUT2D eigenvalue weighted by atomic mass is 16.2. The monoisotopic (exact) mass is 189 g/mol. The Kier molecular flexibility index (Phi) is 1.88. The van der Waals surface area contributed by atoms with Crippen molar-refractivity contribution in [3.05, 3.63) is 29.3 Å². The summed E-state index contributed by atoms with van der Waals surface area (Å²) >= 11 is 0. The summed E-state index contributed by atoms with van der Waals surface area (Å²) < 4.78 is 0. The van der Waals surface area contributed by atoms with Crippen LogP contribution in [0.15, 0.2) is 18.2 Å². The van der Waals surface area contributed by atoms with Gasteiger partial charge in [0, 0.05) is 11.3 Å². The number of Topliss-reactive ketones (excluding diaryl/α,β-unsaturated/α-hetero) is 1. The quantitative estimate of drug-likeness (QED) is 0.686. The first-order chi connectivity index (χ1) is 6.59. The minimum absolute atomic E-state index is 0.000650. The third-order valence-corrected chi connectivity index (χ3v) is 2.58. The largest absolute Gasteiger partial charge is 0.325 e. The maximum absolute atomic E-state index is 11.3. The molecule has 1 unspecified atom stereocenters. The molecule has 14 heavy (non-hydrogen) atoms. The average molecular weight is 189 g/mol. The molecule has 1 aromatic rings. The summed E-state index contributed by atoms with van der Waals surface area (Å²) in [5.74, 6) is -0.121. The number of nitrogens with one attached hydrogen (secondary N) is 1. The van der Waals surface area contributed by atoms with Crippen molar-refractivity contribution >= 4 is 17.4 Å². The van der Waals surface area contributed by atoms with Gasteiger partial charge in [-0.05, 0) is 37.6 Å². The highest BCUT2D eigenvalue weighted by molar-refractivity contribution is 6.04. The molecule has 0 bridgehead atoms. The van der Waals surface area contributed by atoms with Gasteiger partial charge in [-0.1, -0.05) is 0 Å². The van der Waals surface area contributed by atoms with E-state index in [1.165, 1.54) is 6.92 Å². The number of carbonyl (C=O) groups is 2. The van der Waals surface area contributed by atoms with Gasteiger partial charge in [0.15, 0.2) is 5.78 Å². The molecule has 1 atom stereocenters. The van der Waals surface area contributed by atoms with Crippen LogP contribution in [0.25, 0.3) is 0 Å². The fraction of sp³-hybridized carbons (Fsp3) is 0.273. The van der Waals surface area contributed by atoms with Crippen molar-refractivity contribution in [2.45, 2.75) is 19.8 Å². The Hall–Kier alpha value is -1.64. The number of hydrogen-bond donors (Lipinski definition) is 1. The number of anilines is 1. The van der Waals surface area contributed by atoms with Gasteiger partial charge in [-0.25, -0.2) is 0 Å². The SMILES string of the molecule is CC(=O)c1ccc2c(c1)C(C)C(=O)N2. The Labute approximate surface area is 82.1 Å². The minimum Gasteiger partial charge on any atom is -0.325 e. The van der Waals surface area contributed by atoms with Crippen molar-refractivity contribution in [1.29, 1.82) is 0 Å². The van der Waals surface area contributed by atoms with Crippen LogP contribution in [-0.4, -0.2) is 11.7 Å². The van der Waals surface area contributed by atoms with Crippen LogP contribution in [0.4, 0.5) is 5.69 Å². The standard InChI is InChI=1S/C11H11NO2/c1-6-9-5-8(7(2)13)3-4-10(9)12-11(6)14/h3-6H,1-2H3,(H,12,14). The van der Waals surface area contributed by atoms with Crippen LogP contribution >= 0.6 is 0 Å². The van der Waals surface area contributed by atoms with E-state index >= 15 is 0 Å². The van der Waals surface area contributed by atoms with Gasteiger partial charge in [-0.2, -0.15) is 0 Å². The summed E-state index contributed by atoms with van der Waals surface area (Å²) in [4.78, 5) is 22.4. The van der Waals surface area contributed by atoms with Gasteiger partial charge in [-0.3, -0.25) is 9.59 Å². The molecular formula is C11H11NO2. The zero-order valence-electron chi connectivity index (χ0n) is 8.13. The van der Waals surface area contributed by atoms with E-state index < -0.39 is 0 Å². The molecular weight excluding hydrogens is 178 g/mol. The van der Waals surface area contributed by atoms with Crippen molar-refractivity contribution in [1.82, 2.24) is 0 Å². The lowest BCUT2D eigenvalue weighted by Gasteiger charge is -2.02. The molecule has 0 saturated heterocycles. The molecule has 1 heterocycles. The molecule has 1 aliphatic rings. The molecule has 3 heteroatoms. The molecule has 1 amide bonds. The van der Waals surface area contributed by atoms with Crippen LogP contribution in [0.3, 0.4) is 0 Å². The van der Waals surface area contributed by atoms with Gasteiger partial charge in [0.2, 0.25) is 5.91 Å². The lowest BCUT2D eigenvalue weighted by molar-refractivity contribution is -0.116. The van der Waals surface area contributed by atoms with Gasteiger partial charge < -0.3 is 5.32 Å². The van der Waals surface area contributed by atoms with E-state index in [-0.39, 0.29) is 17.6 Å². The van der Waals surface area contributed by atoms with E-state index in [0.29, 0.717) is 5.56 Å². The maximum Gasteiger partial charge on any atom is 0.231 e. The molecule has 2 rings (SSSR count). The van der Waals surface area contributed by atoms with Crippen molar-refractivity contribution in [2.24, 2.45) is 0 Å². The smallest absolute Gasteiger partial charge is 0.231 e. The number of ketones is 1. The third kappa shape index (κ3) is 1.21. The Morgan fingerprint density at radius 2 is 2.14 bits per heavy atom. The molecule has 1 N–H and O–H groups in total. The Morgan fingerprint density at radius 3 is 2.79 bits per heavy atom. The number of rotatable bonds is 1. The molecule has 72 valence electrons. The van der Waals surface area contributed by atoms with E-state index in [2.05, 4.69) is 5.32 Å². The van der Waals surface area contributed by atoms with Crippen molar-refractivity contribution < 1.29 is 9.59 Å². The normalized spacial score (nSPS) is 19.0. The summed E-state index contributed by atoms with van der Waals surface area (Å²) in [6.45, 7) is 3.36. The maximum atomic E-state index is 11.3. The number of carbonyl (C=O) groups excluding carboxylic acids is 2. The molecule has 1 aliphatic heterocycles. The minimum atomic E-state index is -0.149. The van der Waals surface area contributed by atoms with Crippen LogP contribution in [0.2, 0.25) is 0 Å². The predicted octanol–water partition coefficient (Wildman–Crippen LogP) is 1.94. The lowest BCUT2D eigenvalue weighted by Crippen LogP contribution is -2.08.